The van der Waals surface area contributed by atoms with E-state index in [4.69, 9.17) is 25.3 Å². The highest BCUT2D eigenvalue weighted by molar-refractivity contribution is 7.81. The van der Waals surface area contributed by atoms with E-state index >= 15 is 0 Å². The standard InChI is InChI=1S/C16H26S2/c1-9-10(2)13(15(5,6)17)12(4)14(11(9)3)16(7,8)18/h17-18H,1-8H3. The Morgan fingerprint density at radius 1 is 0.556 bits per heavy atom. The molecule has 0 aliphatic heterocycles. The van der Waals surface area contributed by atoms with Crippen molar-refractivity contribution in [2.45, 2.75) is 64.9 Å². The Morgan fingerprint density at radius 3 is 1.06 bits per heavy atom. The maximum absolute atomic E-state index is 4.78. The van der Waals surface area contributed by atoms with Crippen LogP contribution in [0.4, 0.5) is 0 Å². The summed E-state index contributed by atoms with van der Waals surface area (Å²) in [5, 5.41) is 0. The molecule has 0 aliphatic carbocycles. The van der Waals surface area contributed by atoms with Gasteiger partial charge in [-0.05, 0) is 88.8 Å². The van der Waals surface area contributed by atoms with Crippen molar-refractivity contribution in [2.24, 2.45) is 0 Å². The monoisotopic (exact) mass is 282 g/mol. The van der Waals surface area contributed by atoms with Gasteiger partial charge in [0.1, 0.15) is 0 Å². The average Bonchev–Trinajstić information content (AvgIpc) is 2.09. The molecule has 0 atom stereocenters. The summed E-state index contributed by atoms with van der Waals surface area (Å²) in [5.41, 5.74) is 8.15. The zero-order valence-electron chi connectivity index (χ0n) is 12.9. The average molecular weight is 283 g/mol. The molecule has 18 heavy (non-hydrogen) atoms. The quantitative estimate of drug-likeness (QED) is 0.680. The fraction of sp³-hybridized carbons (Fsp3) is 0.625. The SMILES string of the molecule is Cc1c(C)c(C(C)(C)S)c(C)c(C(C)(C)S)c1C. The second-order valence-electron chi connectivity index (χ2n) is 6.37. The molecule has 0 saturated carbocycles. The zero-order valence-corrected chi connectivity index (χ0v) is 14.7. The van der Waals surface area contributed by atoms with Crippen molar-refractivity contribution < 1.29 is 0 Å². The lowest BCUT2D eigenvalue weighted by molar-refractivity contribution is 0.733. The number of thiol groups is 2. The molecule has 0 aliphatic rings. The molecule has 0 bridgehead atoms. The molecule has 0 saturated heterocycles. The second kappa shape index (κ2) is 4.79. The lowest BCUT2D eigenvalue weighted by Gasteiger charge is -2.32. The van der Waals surface area contributed by atoms with Crippen LogP contribution in [0.1, 0.15) is 61.1 Å². The van der Waals surface area contributed by atoms with Gasteiger partial charge < -0.3 is 0 Å². The van der Waals surface area contributed by atoms with Gasteiger partial charge in [-0.2, -0.15) is 25.3 Å². The van der Waals surface area contributed by atoms with E-state index in [1.807, 2.05) is 0 Å². The molecule has 0 amide bonds. The van der Waals surface area contributed by atoms with Gasteiger partial charge in [0.25, 0.3) is 0 Å². The highest BCUT2D eigenvalue weighted by Crippen LogP contribution is 2.42. The van der Waals surface area contributed by atoms with Gasteiger partial charge in [-0.15, -0.1) is 0 Å². The lowest BCUT2D eigenvalue weighted by atomic mass is 9.80. The summed E-state index contributed by atoms with van der Waals surface area (Å²) < 4.78 is -0.249. The first kappa shape index (κ1) is 16.0. The summed E-state index contributed by atoms with van der Waals surface area (Å²) in [6.45, 7) is 17.5. The van der Waals surface area contributed by atoms with Crippen molar-refractivity contribution in [3.05, 3.63) is 33.4 Å². The summed E-state index contributed by atoms with van der Waals surface area (Å²) in [7, 11) is 0. The molecule has 0 nitrogen and oxygen atoms in total. The van der Waals surface area contributed by atoms with Crippen LogP contribution in [-0.4, -0.2) is 0 Å². The van der Waals surface area contributed by atoms with Crippen molar-refractivity contribution >= 4 is 25.3 Å². The molecule has 1 aromatic carbocycles. The van der Waals surface area contributed by atoms with Crippen LogP contribution in [0.25, 0.3) is 0 Å². The van der Waals surface area contributed by atoms with Crippen LogP contribution in [0.3, 0.4) is 0 Å². The largest absolute Gasteiger partial charge is 0.168 e. The number of hydrogen-bond acceptors (Lipinski definition) is 2. The first-order chi connectivity index (χ1) is 7.89. The third kappa shape index (κ3) is 2.75. The van der Waals surface area contributed by atoms with Crippen LogP contribution in [0.5, 0.6) is 0 Å². The maximum Gasteiger partial charge on any atom is 0.0327 e. The number of hydrogen-bond donors (Lipinski definition) is 2. The van der Waals surface area contributed by atoms with E-state index in [2.05, 4.69) is 55.4 Å². The summed E-state index contributed by atoms with van der Waals surface area (Å²) in [5.74, 6) is 0. The smallest absolute Gasteiger partial charge is 0.0327 e. The van der Waals surface area contributed by atoms with Gasteiger partial charge in [0.15, 0.2) is 0 Å². The Hall–Kier alpha value is -0.0800. The summed E-state index contributed by atoms with van der Waals surface area (Å²) in [6.07, 6.45) is 0. The topological polar surface area (TPSA) is 0 Å². The lowest BCUT2D eigenvalue weighted by Crippen LogP contribution is -2.21. The Morgan fingerprint density at radius 2 is 0.833 bits per heavy atom. The third-order valence-electron chi connectivity index (χ3n) is 3.85. The normalized spacial score (nSPS) is 13.0. The molecule has 1 rings (SSSR count). The first-order valence-electron chi connectivity index (χ1n) is 6.45. The van der Waals surface area contributed by atoms with Gasteiger partial charge in [0.2, 0.25) is 0 Å². The molecule has 0 spiro atoms. The van der Waals surface area contributed by atoms with Crippen LogP contribution in [0.15, 0.2) is 0 Å². The fourth-order valence-corrected chi connectivity index (χ4v) is 3.85. The van der Waals surface area contributed by atoms with Crippen LogP contribution < -0.4 is 0 Å². The molecular formula is C16H26S2. The molecule has 0 radical (unpaired) electrons. The van der Waals surface area contributed by atoms with Crippen LogP contribution in [-0.2, 0) is 9.49 Å². The molecule has 102 valence electrons. The minimum Gasteiger partial charge on any atom is -0.168 e. The molecule has 0 N–H and O–H groups in total. The van der Waals surface area contributed by atoms with Gasteiger partial charge in [-0.1, -0.05) is 0 Å². The van der Waals surface area contributed by atoms with Gasteiger partial charge in [0.05, 0.1) is 0 Å². The predicted octanol–water partition coefficient (Wildman–Crippen LogP) is 5.25. The first-order valence-corrected chi connectivity index (χ1v) is 7.34. The van der Waals surface area contributed by atoms with E-state index in [0.29, 0.717) is 0 Å². The number of benzene rings is 1. The Labute approximate surface area is 123 Å². The van der Waals surface area contributed by atoms with Gasteiger partial charge in [-0.3, -0.25) is 0 Å². The number of rotatable bonds is 2. The van der Waals surface area contributed by atoms with E-state index in [1.165, 1.54) is 33.4 Å². The van der Waals surface area contributed by atoms with Crippen LogP contribution in [0.2, 0.25) is 0 Å². The summed E-state index contributed by atoms with van der Waals surface area (Å²) in [6, 6.07) is 0. The molecule has 0 aromatic heterocycles. The Bertz CT molecular complexity index is 430. The highest BCUT2D eigenvalue weighted by Gasteiger charge is 2.29. The Kier molecular flexibility index (Phi) is 4.25. The molecule has 0 unspecified atom stereocenters. The Balaban J connectivity index is 3.83. The van der Waals surface area contributed by atoms with Crippen LogP contribution >= 0.6 is 25.3 Å². The maximum atomic E-state index is 4.78. The summed E-state index contributed by atoms with van der Waals surface area (Å²) in [4.78, 5) is 0. The van der Waals surface area contributed by atoms with E-state index < -0.39 is 0 Å². The molecule has 0 heterocycles. The fourth-order valence-electron chi connectivity index (χ4n) is 3.18. The van der Waals surface area contributed by atoms with Gasteiger partial charge >= 0.3 is 0 Å². The predicted molar refractivity (Wildman–Crippen MR) is 89.4 cm³/mol. The van der Waals surface area contributed by atoms with Crippen molar-refractivity contribution in [3.8, 4) is 0 Å². The second-order valence-corrected chi connectivity index (χ2v) is 8.60. The molecule has 2 heteroatoms. The highest BCUT2D eigenvalue weighted by atomic mass is 32.1. The summed E-state index contributed by atoms with van der Waals surface area (Å²) >= 11 is 9.57. The van der Waals surface area contributed by atoms with Crippen LogP contribution in [0, 0.1) is 27.7 Å². The van der Waals surface area contributed by atoms with E-state index in [0.717, 1.165) is 0 Å². The molecular weight excluding hydrogens is 256 g/mol. The molecule has 0 fully saturated rings. The van der Waals surface area contributed by atoms with Crippen molar-refractivity contribution in [1.29, 1.82) is 0 Å². The van der Waals surface area contributed by atoms with Gasteiger partial charge in [-0.25, -0.2) is 0 Å². The van der Waals surface area contributed by atoms with Gasteiger partial charge in [0, 0.05) is 9.49 Å². The third-order valence-corrected chi connectivity index (χ3v) is 4.30. The van der Waals surface area contributed by atoms with Crippen molar-refractivity contribution in [2.75, 3.05) is 0 Å². The van der Waals surface area contributed by atoms with E-state index in [-0.39, 0.29) is 9.49 Å². The zero-order chi connectivity index (χ0) is 14.5. The van der Waals surface area contributed by atoms with E-state index in [1.54, 1.807) is 0 Å². The minimum absolute atomic E-state index is 0.125. The van der Waals surface area contributed by atoms with Crippen molar-refractivity contribution in [3.63, 3.8) is 0 Å². The van der Waals surface area contributed by atoms with E-state index in [9.17, 15) is 0 Å². The van der Waals surface area contributed by atoms with Crippen molar-refractivity contribution in [1.82, 2.24) is 0 Å². The molecule has 1 aromatic rings. The minimum atomic E-state index is -0.125.